The van der Waals surface area contributed by atoms with E-state index in [0.29, 0.717) is 0 Å². The highest BCUT2D eigenvalue weighted by molar-refractivity contribution is 4.62. The van der Waals surface area contributed by atoms with E-state index in [1.807, 2.05) is 0 Å². The lowest BCUT2D eigenvalue weighted by Crippen LogP contribution is -1.95. The number of hydrogen-bond donors (Lipinski definition) is 0. The summed E-state index contributed by atoms with van der Waals surface area (Å²) in [5, 5.41) is 0. The van der Waals surface area contributed by atoms with Crippen LogP contribution in [0.5, 0.6) is 0 Å². The molecule has 0 saturated carbocycles. The summed E-state index contributed by atoms with van der Waals surface area (Å²) in [6, 6.07) is 0. The topological polar surface area (TPSA) is 0 Å². The summed E-state index contributed by atoms with van der Waals surface area (Å²) < 4.78 is 0. The van der Waals surface area contributed by atoms with Crippen molar-refractivity contribution in [1.29, 1.82) is 0 Å². The molecule has 0 rings (SSSR count). The van der Waals surface area contributed by atoms with Crippen LogP contribution in [0, 0.1) is 12.8 Å². The highest BCUT2D eigenvalue weighted by Gasteiger charge is 2.02. The van der Waals surface area contributed by atoms with Gasteiger partial charge in [0.25, 0.3) is 0 Å². The Bertz CT molecular complexity index is 184. The summed E-state index contributed by atoms with van der Waals surface area (Å²) in [5.41, 5.74) is 0. The van der Waals surface area contributed by atoms with Gasteiger partial charge in [0.1, 0.15) is 0 Å². The van der Waals surface area contributed by atoms with Crippen molar-refractivity contribution in [2.24, 2.45) is 5.92 Å². The van der Waals surface area contributed by atoms with Crippen molar-refractivity contribution >= 4 is 0 Å². The molecule has 0 aromatic rings. The van der Waals surface area contributed by atoms with Gasteiger partial charge in [0.2, 0.25) is 0 Å². The molecule has 0 aromatic heterocycles. The van der Waals surface area contributed by atoms with Crippen molar-refractivity contribution in [2.75, 3.05) is 0 Å². The van der Waals surface area contributed by atoms with Crippen molar-refractivity contribution in [3.8, 4) is 0 Å². The first-order valence-electron chi connectivity index (χ1n) is 10.6. The molecule has 0 fully saturated rings. The first-order valence-corrected chi connectivity index (χ1v) is 10.6. The average molecular weight is 310 g/mol. The smallest absolute Gasteiger partial charge is 0.0414 e. The standard InChI is InChI=1S/C22H45/c1-4-6-8-10-11-12-13-14-15-17-19-21-22(3)20-18-16-9-7-5-2/h22H,3-21H2,1-2H3. The van der Waals surface area contributed by atoms with Gasteiger partial charge < -0.3 is 0 Å². The summed E-state index contributed by atoms with van der Waals surface area (Å²) in [7, 11) is 0. The normalized spacial score (nSPS) is 12.7. The van der Waals surface area contributed by atoms with Gasteiger partial charge >= 0.3 is 0 Å². The molecule has 0 heterocycles. The van der Waals surface area contributed by atoms with Crippen LogP contribution >= 0.6 is 0 Å². The maximum atomic E-state index is 4.34. The maximum Gasteiger partial charge on any atom is -0.0414 e. The average Bonchev–Trinajstić information content (AvgIpc) is 2.52. The van der Waals surface area contributed by atoms with E-state index >= 15 is 0 Å². The zero-order valence-electron chi connectivity index (χ0n) is 16.0. The molecule has 0 aliphatic rings. The fourth-order valence-corrected chi connectivity index (χ4v) is 3.28. The Kier molecular flexibility index (Phi) is 19.0. The molecule has 133 valence electrons. The molecule has 1 unspecified atom stereocenters. The lowest BCUT2D eigenvalue weighted by Gasteiger charge is -2.10. The first kappa shape index (κ1) is 22.0. The van der Waals surface area contributed by atoms with Gasteiger partial charge in [0, 0.05) is 0 Å². The Morgan fingerprint density at radius 2 is 0.727 bits per heavy atom. The Morgan fingerprint density at radius 1 is 0.455 bits per heavy atom. The van der Waals surface area contributed by atoms with Gasteiger partial charge in [-0.3, -0.25) is 0 Å². The summed E-state index contributed by atoms with van der Waals surface area (Å²) in [6.45, 7) is 8.92. The van der Waals surface area contributed by atoms with Crippen LogP contribution < -0.4 is 0 Å². The van der Waals surface area contributed by atoms with Crippen molar-refractivity contribution in [2.45, 2.75) is 129 Å². The van der Waals surface area contributed by atoms with Gasteiger partial charge in [-0.15, -0.1) is 0 Å². The van der Waals surface area contributed by atoms with E-state index in [0.717, 1.165) is 5.92 Å². The number of rotatable bonds is 18. The van der Waals surface area contributed by atoms with E-state index in [9.17, 15) is 0 Å². The maximum absolute atomic E-state index is 4.34. The molecule has 0 spiro atoms. The highest BCUT2D eigenvalue weighted by Crippen LogP contribution is 2.18. The lowest BCUT2D eigenvalue weighted by molar-refractivity contribution is 0.462. The van der Waals surface area contributed by atoms with Crippen LogP contribution in [-0.4, -0.2) is 0 Å². The Morgan fingerprint density at radius 3 is 1.05 bits per heavy atom. The van der Waals surface area contributed by atoms with Gasteiger partial charge in [-0.2, -0.15) is 0 Å². The van der Waals surface area contributed by atoms with Gasteiger partial charge in [-0.25, -0.2) is 0 Å². The third kappa shape index (κ3) is 18.1. The molecule has 0 nitrogen and oxygen atoms in total. The van der Waals surface area contributed by atoms with Crippen molar-refractivity contribution < 1.29 is 0 Å². The summed E-state index contributed by atoms with van der Waals surface area (Å²) in [6.07, 6.45) is 25.7. The quantitative estimate of drug-likeness (QED) is 0.223. The molecule has 1 atom stereocenters. The Balaban J connectivity index is 3.09. The second kappa shape index (κ2) is 19.0. The molecule has 0 aromatic carbocycles. The molecular formula is C22H45. The minimum Gasteiger partial charge on any atom is -0.0654 e. The molecule has 0 N–H and O–H groups in total. The van der Waals surface area contributed by atoms with E-state index < -0.39 is 0 Å². The van der Waals surface area contributed by atoms with Crippen LogP contribution in [0.3, 0.4) is 0 Å². The minimum absolute atomic E-state index is 0.722. The second-order valence-corrected chi connectivity index (χ2v) is 7.39. The van der Waals surface area contributed by atoms with Crippen LogP contribution in [0.15, 0.2) is 0 Å². The Hall–Kier alpha value is 0. The van der Waals surface area contributed by atoms with E-state index in [1.54, 1.807) is 0 Å². The van der Waals surface area contributed by atoms with E-state index in [4.69, 9.17) is 0 Å². The van der Waals surface area contributed by atoms with Gasteiger partial charge in [-0.05, 0) is 5.92 Å². The van der Waals surface area contributed by atoms with E-state index in [1.165, 1.54) is 116 Å². The van der Waals surface area contributed by atoms with Gasteiger partial charge in [-0.1, -0.05) is 136 Å². The van der Waals surface area contributed by atoms with Gasteiger partial charge in [0.05, 0.1) is 0 Å². The molecule has 0 aliphatic carbocycles. The van der Waals surface area contributed by atoms with Crippen molar-refractivity contribution in [1.82, 2.24) is 0 Å². The fraction of sp³-hybridized carbons (Fsp3) is 0.955. The lowest BCUT2D eigenvalue weighted by atomic mass is 9.96. The van der Waals surface area contributed by atoms with Gasteiger partial charge in [0.15, 0.2) is 0 Å². The fourth-order valence-electron chi connectivity index (χ4n) is 3.28. The van der Waals surface area contributed by atoms with Crippen LogP contribution in [0.1, 0.15) is 129 Å². The van der Waals surface area contributed by atoms with Crippen LogP contribution in [-0.2, 0) is 0 Å². The monoisotopic (exact) mass is 309 g/mol. The summed E-state index contributed by atoms with van der Waals surface area (Å²) in [5.74, 6) is 0.722. The SMILES string of the molecule is [CH2]C(CCCCCCC)CCCCCCCCCCCCC. The predicted octanol–water partition coefficient (Wildman–Crippen LogP) is 8.50. The Labute approximate surface area is 142 Å². The zero-order valence-corrected chi connectivity index (χ0v) is 16.0. The predicted molar refractivity (Wildman–Crippen MR) is 103 cm³/mol. The molecule has 0 heteroatoms. The molecule has 0 saturated heterocycles. The molecule has 0 bridgehead atoms. The molecule has 22 heavy (non-hydrogen) atoms. The molecule has 1 radical (unpaired) electrons. The number of hydrogen-bond acceptors (Lipinski definition) is 0. The third-order valence-corrected chi connectivity index (χ3v) is 4.93. The zero-order chi connectivity index (χ0) is 16.3. The van der Waals surface area contributed by atoms with Crippen LogP contribution in [0.25, 0.3) is 0 Å². The third-order valence-electron chi connectivity index (χ3n) is 4.93. The van der Waals surface area contributed by atoms with Crippen LogP contribution in [0.4, 0.5) is 0 Å². The molecule has 0 amide bonds. The second-order valence-electron chi connectivity index (χ2n) is 7.39. The summed E-state index contributed by atoms with van der Waals surface area (Å²) in [4.78, 5) is 0. The highest BCUT2D eigenvalue weighted by atomic mass is 14.1. The first-order chi connectivity index (χ1) is 10.8. The van der Waals surface area contributed by atoms with E-state index in [-0.39, 0.29) is 0 Å². The molecule has 0 aliphatic heterocycles. The molecular weight excluding hydrogens is 264 g/mol. The van der Waals surface area contributed by atoms with E-state index in [2.05, 4.69) is 20.8 Å². The van der Waals surface area contributed by atoms with Crippen LogP contribution in [0.2, 0.25) is 0 Å². The van der Waals surface area contributed by atoms with Crippen molar-refractivity contribution in [3.05, 3.63) is 6.92 Å². The minimum atomic E-state index is 0.722. The van der Waals surface area contributed by atoms with Crippen molar-refractivity contribution in [3.63, 3.8) is 0 Å². The number of unbranched alkanes of at least 4 members (excludes halogenated alkanes) is 14. The largest absolute Gasteiger partial charge is 0.0654 e. The summed E-state index contributed by atoms with van der Waals surface area (Å²) >= 11 is 0.